The lowest BCUT2D eigenvalue weighted by atomic mass is 10.1. The first-order valence-corrected chi connectivity index (χ1v) is 12.7. The Hall–Kier alpha value is -1.68. The molecule has 30 heavy (non-hydrogen) atoms. The summed E-state index contributed by atoms with van der Waals surface area (Å²) < 4.78 is 27.4. The fraction of sp³-hybridized carbons (Fsp3) is 0.450. The van der Waals surface area contributed by atoms with Gasteiger partial charge in [0.2, 0.25) is 10.0 Å². The van der Waals surface area contributed by atoms with Crippen molar-refractivity contribution in [3.8, 4) is 0 Å². The molecule has 2 aromatic rings. The van der Waals surface area contributed by atoms with E-state index in [1.807, 2.05) is 13.8 Å². The highest BCUT2D eigenvalue weighted by atomic mass is 35.5. The molecule has 0 aliphatic carbocycles. The zero-order chi connectivity index (χ0) is 21.7. The fourth-order valence-electron chi connectivity index (χ4n) is 3.24. The number of anilines is 1. The first-order chi connectivity index (χ1) is 14.3. The normalized spacial score (nSPS) is 17.6. The smallest absolute Gasteiger partial charge is 0.275 e. The second kappa shape index (κ2) is 10.1. The highest BCUT2D eigenvalue weighted by Crippen LogP contribution is 2.26. The molecule has 1 N–H and O–H groups in total. The van der Waals surface area contributed by atoms with Gasteiger partial charge in [0.05, 0.1) is 16.1 Å². The van der Waals surface area contributed by atoms with Crippen molar-refractivity contribution >= 4 is 45.0 Å². The lowest BCUT2D eigenvalue weighted by Crippen LogP contribution is -2.41. The molecule has 1 aromatic carbocycles. The van der Waals surface area contributed by atoms with Crippen molar-refractivity contribution in [3.63, 3.8) is 0 Å². The van der Waals surface area contributed by atoms with Gasteiger partial charge in [0.15, 0.2) is 10.9 Å². The van der Waals surface area contributed by atoms with Crippen LogP contribution in [0.2, 0.25) is 5.02 Å². The zero-order valence-corrected chi connectivity index (χ0v) is 19.4. The van der Waals surface area contributed by atoms with Crippen LogP contribution in [0.25, 0.3) is 0 Å². The molecule has 3 rings (SSSR count). The van der Waals surface area contributed by atoms with E-state index in [9.17, 15) is 13.2 Å². The maximum absolute atomic E-state index is 12.9. The third-order valence-electron chi connectivity index (χ3n) is 4.83. The van der Waals surface area contributed by atoms with Gasteiger partial charge in [-0.1, -0.05) is 36.7 Å². The van der Waals surface area contributed by atoms with E-state index < -0.39 is 15.9 Å². The number of nitrogens with zero attached hydrogens (tertiary/aromatic N) is 3. The largest absolute Gasteiger partial charge is 0.321 e. The van der Waals surface area contributed by atoms with Gasteiger partial charge in [0.25, 0.3) is 5.91 Å². The predicted octanol–water partition coefficient (Wildman–Crippen LogP) is 4.45. The third kappa shape index (κ3) is 5.32. The number of thioether (sulfide) groups is 1. The van der Waals surface area contributed by atoms with Gasteiger partial charge in [-0.15, -0.1) is 0 Å². The van der Waals surface area contributed by atoms with E-state index in [0.29, 0.717) is 17.4 Å². The molecule has 1 aliphatic rings. The Kier molecular flexibility index (Phi) is 7.73. The molecular formula is C20H25ClN4O3S2. The van der Waals surface area contributed by atoms with Crippen LogP contribution in [0.4, 0.5) is 5.69 Å². The van der Waals surface area contributed by atoms with Crippen molar-refractivity contribution in [3.05, 3.63) is 41.2 Å². The van der Waals surface area contributed by atoms with Gasteiger partial charge >= 0.3 is 0 Å². The van der Waals surface area contributed by atoms with E-state index in [1.165, 1.54) is 30.1 Å². The molecule has 1 saturated heterocycles. The number of sulfonamides is 1. The number of nitrogens with one attached hydrogen (secondary N) is 1. The van der Waals surface area contributed by atoms with Crippen LogP contribution in [0.5, 0.6) is 0 Å². The van der Waals surface area contributed by atoms with Crippen LogP contribution < -0.4 is 5.32 Å². The first-order valence-electron chi connectivity index (χ1n) is 9.91. The molecule has 1 amide bonds. The molecule has 1 fully saturated rings. The highest BCUT2D eigenvalue weighted by Gasteiger charge is 2.30. The van der Waals surface area contributed by atoms with Crippen molar-refractivity contribution in [2.24, 2.45) is 0 Å². The number of hydrogen-bond acceptors (Lipinski definition) is 6. The van der Waals surface area contributed by atoms with Crippen LogP contribution in [0.15, 0.2) is 40.5 Å². The zero-order valence-electron chi connectivity index (χ0n) is 17.0. The van der Waals surface area contributed by atoms with Gasteiger partial charge in [0, 0.05) is 24.0 Å². The number of amides is 1. The standard InChI is InChI=1S/C20H25ClN4O3S2/c1-3-12-29-20-22-13-17(21)18(24-20)19(26)23-15-7-9-16(10-8-15)30(27,28)25-11-5-4-6-14(25)2/h7-10,13-14H,3-6,11-12H2,1-2H3,(H,23,26)/t14-/m0/s1. The van der Waals surface area contributed by atoms with Crippen LogP contribution in [-0.4, -0.2) is 46.9 Å². The molecule has 0 radical (unpaired) electrons. The summed E-state index contributed by atoms with van der Waals surface area (Å²) in [5.41, 5.74) is 0.548. The number of benzene rings is 1. The third-order valence-corrected chi connectivity index (χ3v) is 8.20. The van der Waals surface area contributed by atoms with Crippen LogP contribution in [0, 0.1) is 0 Å². The van der Waals surface area contributed by atoms with Gasteiger partial charge in [-0.2, -0.15) is 4.31 Å². The molecule has 0 unspecified atom stereocenters. The molecule has 2 heterocycles. The molecule has 0 saturated carbocycles. The number of aromatic nitrogens is 2. The van der Waals surface area contributed by atoms with Gasteiger partial charge in [0.1, 0.15) is 0 Å². The van der Waals surface area contributed by atoms with Crippen molar-refractivity contribution < 1.29 is 13.2 Å². The van der Waals surface area contributed by atoms with Gasteiger partial charge in [-0.05, 0) is 50.5 Å². The van der Waals surface area contributed by atoms with Crippen molar-refractivity contribution in [2.75, 3.05) is 17.6 Å². The van der Waals surface area contributed by atoms with E-state index >= 15 is 0 Å². The summed E-state index contributed by atoms with van der Waals surface area (Å²) in [6, 6.07) is 6.15. The highest BCUT2D eigenvalue weighted by molar-refractivity contribution is 7.99. The van der Waals surface area contributed by atoms with Crippen LogP contribution in [0.3, 0.4) is 0 Å². The van der Waals surface area contributed by atoms with Gasteiger partial charge in [-0.3, -0.25) is 4.79 Å². The maximum atomic E-state index is 12.9. The molecule has 10 heteroatoms. The van der Waals surface area contributed by atoms with E-state index in [-0.39, 0.29) is 21.7 Å². The Balaban J connectivity index is 1.73. The summed E-state index contributed by atoms with van der Waals surface area (Å²) in [6.45, 7) is 4.52. The minimum absolute atomic E-state index is 0.0113. The summed E-state index contributed by atoms with van der Waals surface area (Å²) in [6.07, 6.45) is 5.16. The van der Waals surface area contributed by atoms with E-state index in [4.69, 9.17) is 11.6 Å². The van der Waals surface area contributed by atoms with Crippen molar-refractivity contribution in [1.29, 1.82) is 0 Å². The molecule has 1 atom stereocenters. The Morgan fingerprint density at radius 2 is 2.03 bits per heavy atom. The Bertz CT molecular complexity index is 1000. The molecule has 1 aliphatic heterocycles. The number of piperidine rings is 1. The van der Waals surface area contributed by atoms with Crippen LogP contribution >= 0.6 is 23.4 Å². The molecule has 0 spiro atoms. The topological polar surface area (TPSA) is 92.3 Å². The Labute approximate surface area is 186 Å². The fourth-order valence-corrected chi connectivity index (χ4v) is 5.78. The summed E-state index contributed by atoms with van der Waals surface area (Å²) >= 11 is 7.55. The molecule has 0 bridgehead atoms. The number of rotatable bonds is 7. The number of carbonyl (C=O) groups is 1. The van der Waals surface area contributed by atoms with E-state index in [2.05, 4.69) is 15.3 Å². The monoisotopic (exact) mass is 468 g/mol. The molecule has 7 nitrogen and oxygen atoms in total. The minimum atomic E-state index is -3.55. The minimum Gasteiger partial charge on any atom is -0.321 e. The lowest BCUT2D eigenvalue weighted by Gasteiger charge is -2.32. The van der Waals surface area contributed by atoms with Crippen LogP contribution in [0.1, 0.15) is 50.0 Å². The quantitative estimate of drug-likeness (QED) is 0.476. The number of hydrogen-bond donors (Lipinski definition) is 1. The van der Waals surface area contributed by atoms with Gasteiger partial charge < -0.3 is 5.32 Å². The number of halogens is 1. The molecule has 1 aromatic heterocycles. The summed E-state index contributed by atoms with van der Waals surface area (Å²) in [5, 5.41) is 3.37. The SMILES string of the molecule is CCCSc1ncc(Cl)c(C(=O)Nc2ccc(S(=O)(=O)N3CCCC[C@@H]3C)cc2)n1. The van der Waals surface area contributed by atoms with Crippen molar-refractivity contribution in [2.45, 2.75) is 55.6 Å². The Morgan fingerprint density at radius 1 is 1.30 bits per heavy atom. The summed E-state index contributed by atoms with van der Waals surface area (Å²) in [4.78, 5) is 21.2. The maximum Gasteiger partial charge on any atom is 0.275 e. The summed E-state index contributed by atoms with van der Waals surface area (Å²) in [7, 11) is -3.55. The Morgan fingerprint density at radius 3 is 2.70 bits per heavy atom. The summed E-state index contributed by atoms with van der Waals surface area (Å²) in [5.74, 6) is 0.370. The van der Waals surface area contributed by atoms with Crippen molar-refractivity contribution in [1.82, 2.24) is 14.3 Å². The van der Waals surface area contributed by atoms with E-state index in [0.717, 1.165) is 31.4 Å². The molecule has 162 valence electrons. The van der Waals surface area contributed by atoms with E-state index in [1.54, 1.807) is 16.4 Å². The second-order valence-corrected chi connectivity index (χ2v) is 10.5. The van der Waals surface area contributed by atoms with Gasteiger partial charge in [-0.25, -0.2) is 18.4 Å². The molecular weight excluding hydrogens is 444 g/mol. The first kappa shape index (κ1) is 23.0. The predicted molar refractivity (Wildman–Crippen MR) is 120 cm³/mol. The second-order valence-electron chi connectivity index (χ2n) is 7.14. The number of carbonyl (C=O) groups excluding carboxylic acids is 1. The van der Waals surface area contributed by atoms with Crippen LogP contribution in [-0.2, 0) is 10.0 Å². The average molecular weight is 469 g/mol. The lowest BCUT2D eigenvalue weighted by molar-refractivity contribution is 0.102. The average Bonchev–Trinajstić information content (AvgIpc) is 2.73.